The number of carbonyl (C=O) groups excluding carboxylic acids is 2. The van der Waals surface area contributed by atoms with Crippen LogP contribution in [0.2, 0.25) is 10.0 Å². The average Bonchev–Trinajstić information content (AvgIpc) is 3.15. The lowest BCUT2D eigenvalue weighted by molar-refractivity contribution is -0.117. The number of aryl methyl sites for hydroxylation is 3. The van der Waals surface area contributed by atoms with E-state index in [1.807, 2.05) is 63.2 Å². The van der Waals surface area contributed by atoms with E-state index >= 15 is 0 Å². The Hall–Kier alpha value is -3.24. The topological polar surface area (TPSA) is 73.2 Å². The molecule has 182 valence electrons. The van der Waals surface area contributed by atoms with Gasteiger partial charge in [-0.15, -0.1) is 0 Å². The van der Waals surface area contributed by atoms with Crippen molar-refractivity contribution in [2.45, 2.75) is 32.4 Å². The van der Waals surface area contributed by atoms with Crippen LogP contribution in [0.1, 0.15) is 22.3 Å². The second kappa shape index (κ2) is 10.8. The normalized spacial score (nSPS) is 16.6. The highest BCUT2D eigenvalue weighted by atomic mass is 35.5. The van der Waals surface area contributed by atoms with Crippen molar-refractivity contribution in [1.29, 1.82) is 5.26 Å². The maximum Gasteiger partial charge on any atom is 0.269 e. The third-order valence-corrected chi connectivity index (χ3v) is 8.03. The second-order valence-electron chi connectivity index (χ2n) is 8.56. The van der Waals surface area contributed by atoms with Crippen LogP contribution in [0, 0.1) is 32.1 Å². The van der Waals surface area contributed by atoms with Crippen molar-refractivity contribution >= 4 is 58.2 Å². The average molecular weight is 536 g/mol. The summed E-state index contributed by atoms with van der Waals surface area (Å²) in [6, 6.07) is 20.1. The van der Waals surface area contributed by atoms with Gasteiger partial charge >= 0.3 is 0 Å². The maximum absolute atomic E-state index is 13.7. The molecule has 0 aromatic heterocycles. The zero-order valence-corrected chi connectivity index (χ0v) is 22.3. The summed E-state index contributed by atoms with van der Waals surface area (Å²) in [4.78, 5) is 28.4. The molecule has 4 rings (SSSR count). The first-order chi connectivity index (χ1) is 17.2. The number of hydrogen-bond donors (Lipinski definition) is 1. The lowest BCUT2D eigenvalue weighted by Crippen LogP contribution is -2.31. The Bertz CT molecular complexity index is 1440. The largest absolute Gasteiger partial charge is 0.320 e. The molecule has 1 heterocycles. The smallest absolute Gasteiger partial charge is 0.269 e. The molecule has 2 amide bonds. The highest BCUT2D eigenvalue weighted by Gasteiger charge is 2.41. The summed E-state index contributed by atoms with van der Waals surface area (Å²) in [5.74, 6) is -0.831. The number of nitrogens with zero attached hydrogens (tertiary/aromatic N) is 2. The number of carbonyl (C=O) groups is 2. The summed E-state index contributed by atoms with van der Waals surface area (Å²) in [5.41, 5.74) is 4.76. The van der Waals surface area contributed by atoms with Crippen molar-refractivity contribution < 1.29 is 9.59 Å². The molecule has 8 heteroatoms. The Morgan fingerprint density at radius 3 is 2.39 bits per heavy atom. The van der Waals surface area contributed by atoms with Gasteiger partial charge in [-0.25, -0.2) is 0 Å². The fourth-order valence-electron chi connectivity index (χ4n) is 3.81. The second-order valence-corrected chi connectivity index (χ2v) is 10.6. The van der Waals surface area contributed by atoms with Crippen molar-refractivity contribution in [1.82, 2.24) is 0 Å². The van der Waals surface area contributed by atoms with Gasteiger partial charge in [-0.2, -0.15) is 5.26 Å². The molecular formula is C28H23Cl2N3O2S. The number of thioether (sulfide) groups is 1. The lowest BCUT2D eigenvalue weighted by Gasteiger charge is -2.20. The van der Waals surface area contributed by atoms with E-state index in [1.165, 1.54) is 16.7 Å². The third kappa shape index (κ3) is 5.29. The van der Waals surface area contributed by atoms with Crippen LogP contribution in [0.15, 0.2) is 71.3 Å². The highest BCUT2D eigenvalue weighted by molar-refractivity contribution is 8.05. The van der Waals surface area contributed by atoms with E-state index in [2.05, 4.69) is 5.32 Å². The summed E-state index contributed by atoms with van der Waals surface area (Å²) in [6.45, 7) is 5.86. The summed E-state index contributed by atoms with van der Waals surface area (Å²) >= 11 is 13.7. The summed E-state index contributed by atoms with van der Waals surface area (Å²) in [5, 5.41) is 13.5. The third-order valence-electron chi connectivity index (χ3n) is 6.03. The molecule has 1 fully saturated rings. The molecule has 1 atom stereocenters. The molecule has 36 heavy (non-hydrogen) atoms. The van der Waals surface area contributed by atoms with Gasteiger partial charge in [-0.3, -0.25) is 14.5 Å². The molecule has 1 saturated heterocycles. The molecule has 0 unspecified atom stereocenters. The molecule has 0 radical (unpaired) electrons. The molecule has 0 aliphatic carbocycles. The number of para-hydroxylation sites is 1. The first-order valence-corrected chi connectivity index (χ1v) is 12.9. The molecule has 3 aromatic carbocycles. The fourth-order valence-corrected chi connectivity index (χ4v) is 5.51. The highest BCUT2D eigenvalue weighted by Crippen LogP contribution is 2.42. The Kier molecular flexibility index (Phi) is 7.75. The van der Waals surface area contributed by atoms with E-state index in [0.29, 0.717) is 32.9 Å². The Morgan fingerprint density at radius 2 is 1.72 bits per heavy atom. The van der Waals surface area contributed by atoms with Gasteiger partial charge in [0, 0.05) is 10.7 Å². The minimum atomic E-state index is -0.631. The zero-order valence-electron chi connectivity index (χ0n) is 19.9. The van der Waals surface area contributed by atoms with Gasteiger partial charge in [0.1, 0.15) is 16.7 Å². The molecular weight excluding hydrogens is 513 g/mol. The zero-order chi connectivity index (χ0) is 26.0. The number of rotatable bonds is 5. The van der Waals surface area contributed by atoms with Gasteiger partial charge in [-0.05, 0) is 79.8 Å². The number of benzene rings is 3. The van der Waals surface area contributed by atoms with Crippen molar-refractivity contribution in [3.8, 4) is 6.07 Å². The Labute approximate surface area is 224 Å². The lowest BCUT2D eigenvalue weighted by atomic mass is 10.1. The molecule has 1 N–H and O–H groups in total. The Morgan fingerprint density at radius 1 is 1.00 bits per heavy atom. The van der Waals surface area contributed by atoms with Gasteiger partial charge in [0.15, 0.2) is 0 Å². The van der Waals surface area contributed by atoms with Crippen LogP contribution in [-0.4, -0.2) is 17.1 Å². The number of nitrogens with one attached hydrogen (secondary N) is 1. The number of amides is 2. The number of nitriles is 1. The predicted molar refractivity (Wildman–Crippen MR) is 147 cm³/mol. The quantitative estimate of drug-likeness (QED) is 0.282. The van der Waals surface area contributed by atoms with E-state index in [-0.39, 0.29) is 11.5 Å². The van der Waals surface area contributed by atoms with Crippen LogP contribution < -0.4 is 10.2 Å². The SMILES string of the molecule is Cc1ccc(N2C(=O)[C@H](Cc3ccc(C)c(Cl)c3)S/C2=C(/C#N)C(=O)Nc2ccccc2Cl)cc1C. The molecule has 1 aliphatic rings. The van der Waals surface area contributed by atoms with Crippen LogP contribution in [0.25, 0.3) is 0 Å². The molecule has 0 saturated carbocycles. The van der Waals surface area contributed by atoms with Gasteiger partial charge in [0.25, 0.3) is 5.91 Å². The maximum atomic E-state index is 13.7. The van der Waals surface area contributed by atoms with Gasteiger partial charge in [0.05, 0.1) is 16.0 Å². The predicted octanol–water partition coefficient (Wildman–Crippen LogP) is 6.98. The number of anilines is 2. The van der Waals surface area contributed by atoms with Crippen molar-refractivity contribution in [3.63, 3.8) is 0 Å². The van der Waals surface area contributed by atoms with Crippen LogP contribution in [0.4, 0.5) is 11.4 Å². The minimum Gasteiger partial charge on any atom is -0.320 e. The van der Waals surface area contributed by atoms with E-state index in [1.54, 1.807) is 24.3 Å². The van der Waals surface area contributed by atoms with E-state index in [4.69, 9.17) is 23.2 Å². The van der Waals surface area contributed by atoms with Crippen molar-refractivity contribution in [2.75, 3.05) is 10.2 Å². The molecule has 0 spiro atoms. The van der Waals surface area contributed by atoms with Gasteiger partial charge in [0.2, 0.25) is 5.91 Å². The summed E-state index contributed by atoms with van der Waals surface area (Å²) in [6.07, 6.45) is 0.402. The molecule has 1 aliphatic heterocycles. The Balaban J connectivity index is 1.76. The standard InChI is InChI=1S/C28H23Cl2N3O2S/c1-16-9-11-20(12-18(16)3)33-27(35)25(14-19-10-8-17(2)23(30)13-19)36-28(33)21(15-31)26(34)32-24-7-5-4-6-22(24)29/h4-13,25H,14H2,1-3H3,(H,32,34)/b28-21-/t25-/m0/s1. The van der Waals surface area contributed by atoms with E-state index in [9.17, 15) is 14.9 Å². The number of hydrogen-bond acceptors (Lipinski definition) is 4. The summed E-state index contributed by atoms with van der Waals surface area (Å²) < 4.78 is 0. The van der Waals surface area contributed by atoms with Crippen LogP contribution in [-0.2, 0) is 16.0 Å². The van der Waals surface area contributed by atoms with E-state index in [0.717, 1.165) is 22.3 Å². The van der Waals surface area contributed by atoms with Crippen molar-refractivity contribution in [3.05, 3.63) is 104 Å². The van der Waals surface area contributed by atoms with Crippen molar-refractivity contribution in [2.24, 2.45) is 0 Å². The van der Waals surface area contributed by atoms with Crippen LogP contribution in [0.3, 0.4) is 0 Å². The van der Waals surface area contributed by atoms with E-state index < -0.39 is 11.2 Å². The minimum absolute atomic E-state index is 0.157. The van der Waals surface area contributed by atoms with Gasteiger partial charge < -0.3 is 5.32 Å². The van der Waals surface area contributed by atoms with Gasteiger partial charge in [-0.1, -0.05) is 65.3 Å². The first-order valence-electron chi connectivity index (χ1n) is 11.2. The molecule has 5 nitrogen and oxygen atoms in total. The number of halogens is 2. The molecule has 0 bridgehead atoms. The van der Waals surface area contributed by atoms with Crippen LogP contribution >= 0.6 is 35.0 Å². The summed E-state index contributed by atoms with van der Waals surface area (Å²) in [7, 11) is 0. The monoisotopic (exact) mass is 535 g/mol. The molecule has 3 aromatic rings. The fraction of sp³-hybridized carbons (Fsp3) is 0.179. The first kappa shape index (κ1) is 25.8. The van der Waals surface area contributed by atoms with Crippen LogP contribution in [0.5, 0.6) is 0 Å².